The van der Waals surface area contributed by atoms with E-state index in [9.17, 15) is 9.59 Å². The molecule has 0 bridgehead atoms. The molecule has 3 heterocycles. The number of halogens is 2. The summed E-state index contributed by atoms with van der Waals surface area (Å²) in [5, 5.41) is 5.06. The minimum Gasteiger partial charge on any atom is -0.361 e. The molecule has 1 amide bonds. The van der Waals surface area contributed by atoms with Gasteiger partial charge in [0.05, 0.1) is 22.0 Å². The zero-order chi connectivity index (χ0) is 21.9. The highest BCUT2D eigenvalue weighted by atomic mass is 35.5. The predicted molar refractivity (Wildman–Crippen MR) is 123 cm³/mol. The van der Waals surface area contributed by atoms with E-state index in [4.69, 9.17) is 28.2 Å². The molecule has 1 aliphatic heterocycles. The van der Waals surface area contributed by atoms with Gasteiger partial charge in [-0.15, -0.1) is 0 Å². The van der Waals surface area contributed by atoms with Crippen LogP contribution in [0.3, 0.4) is 0 Å². The monoisotopic (exact) mass is 454 g/mol. The molecule has 0 aliphatic carbocycles. The van der Waals surface area contributed by atoms with Gasteiger partial charge in [-0.2, -0.15) is 0 Å². The van der Waals surface area contributed by atoms with Gasteiger partial charge in [0, 0.05) is 28.5 Å². The normalized spacial score (nSPS) is 18.5. The molecule has 6 nitrogen and oxygen atoms in total. The van der Waals surface area contributed by atoms with Crippen LogP contribution >= 0.6 is 23.2 Å². The quantitative estimate of drug-likeness (QED) is 0.466. The summed E-state index contributed by atoms with van der Waals surface area (Å²) in [6.07, 6.45) is 2.24. The molecule has 5 rings (SSSR count). The van der Waals surface area contributed by atoms with E-state index in [2.05, 4.69) is 10.3 Å². The van der Waals surface area contributed by atoms with Crippen molar-refractivity contribution in [1.82, 2.24) is 19.9 Å². The fourth-order valence-corrected chi connectivity index (χ4v) is 4.89. The lowest BCUT2D eigenvalue weighted by Gasteiger charge is -2.34. The predicted octanol–water partition coefficient (Wildman–Crippen LogP) is 4.80. The number of fused-ring (bicyclic) bond motifs is 3. The first-order chi connectivity index (χ1) is 14.8. The summed E-state index contributed by atoms with van der Waals surface area (Å²) in [5.74, 6) is 0.355. The molecule has 0 saturated heterocycles. The SMILES string of the molecule is CC(C)[C@@H]1NC(=O)[C@@H](Cc2c[nH]c3ccccc23)n2c1nc1c(Cl)cc(Cl)cc1c2=O. The van der Waals surface area contributed by atoms with Crippen LogP contribution in [0.1, 0.15) is 37.3 Å². The summed E-state index contributed by atoms with van der Waals surface area (Å²) in [4.78, 5) is 34.8. The number of para-hydroxylation sites is 1. The molecule has 158 valence electrons. The van der Waals surface area contributed by atoms with Gasteiger partial charge in [-0.05, 0) is 29.7 Å². The van der Waals surface area contributed by atoms with Crippen LogP contribution < -0.4 is 10.9 Å². The van der Waals surface area contributed by atoms with E-state index in [-0.39, 0.29) is 17.4 Å². The molecular formula is C23H20Cl2N4O2. The Morgan fingerprint density at radius 1 is 1.13 bits per heavy atom. The Kier molecular flexibility index (Phi) is 4.79. The van der Waals surface area contributed by atoms with E-state index in [1.165, 1.54) is 4.57 Å². The molecule has 8 heteroatoms. The number of aromatic amines is 1. The van der Waals surface area contributed by atoms with Crippen LogP contribution in [0.25, 0.3) is 21.8 Å². The number of carbonyl (C=O) groups is 1. The number of nitrogens with zero attached hydrogens (tertiary/aromatic N) is 2. The number of carbonyl (C=O) groups excluding carboxylic acids is 1. The minimum atomic E-state index is -0.730. The Morgan fingerprint density at radius 3 is 2.68 bits per heavy atom. The van der Waals surface area contributed by atoms with Crippen LogP contribution in [0.4, 0.5) is 0 Å². The summed E-state index contributed by atoms with van der Waals surface area (Å²) >= 11 is 12.5. The third-order valence-electron chi connectivity index (χ3n) is 5.90. The van der Waals surface area contributed by atoms with Crippen LogP contribution in [0, 0.1) is 5.92 Å². The summed E-state index contributed by atoms with van der Waals surface area (Å²) in [6, 6.07) is 9.90. The summed E-state index contributed by atoms with van der Waals surface area (Å²) in [7, 11) is 0. The number of H-pyrrole nitrogens is 1. The number of rotatable bonds is 3. The third-order valence-corrected chi connectivity index (χ3v) is 6.40. The molecular weight excluding hydrogens is 435 g/mol. The largest absolute Gasteiger partial charge is 0.361 e. The van der Waals surface area contributed by atoms with Crippen LogP contribution in [-0.4, -0.2) is 20.4 Å². The average Bonchev–Trinajstić information content (AvgIpc) is 3.13. The lowest BCUT2D eigenvalue weighted by molar-refractivity contribution is -0.127. The lowest BCUT2D eigenvalue weighted by atomic mass is 9.96. The molecule has 0 spiro atoms. The van der Waals surface area contributed by atoms with E-state index in [0.717, 1.165) is 16.5 Å². The Morgan fingerprint density at radius 2 is 1.90 bits per heavy atom. The van der Waals surface area contributed by atoms with Crippen molar-refractivity contribution in [3.8, 4) is 0 Å². The number of benzene rings is 2. The van der Waals surface area contributed by atoms with E-state index < -0.39 is 12.1 Å². The molecule has 4 aromatic rings. The number of hydrogen-bond acceptors (Lipinski definition) is 3. The van der Waals surface area contributed by atoms with Gasteiger partial charge in [-0.3, -0.25) is 14.2 Å². The first-order valence-corrected chi connectivity index (χ1v) is 10.9. The molecule has 2 aromatic carbocycles. The fraction of sp³-hybridized carbons (Fsp3) is 0.261. The highest BCUT2D eigenvalue weighted by molar-refractivity contribution is 6.38. The van der Waals surface area contributed by atoms with Crippen molar-refractivity contribution in [2.75, 3.05) is 0 Å². The first-order valence-electron chi connectivity index (χ1n) is 10.1. The second-order valence-electron chi connectivity index (χ2n) is 8.24. The molecule has 2 N–H and O–H groups in total. The molecule has 31 heavy (non-hydrogen) atoms. The van der Waals surface area contributed by atoms with Crippen LogP contribution in [0.5, 0.6) is 0 Å². The second kappa shape index (κ2) is 7.39. The van der Waals surface area contributed by atoms with E-state index in [1.54, 1.807) is 12.1 Å². The average molecular weight is 455 g/mol. The van der Waals surface area contributed by atoms with Crippen molar-refractivity contribution in [3.05, 3.63) is 74.4 Å². The summed E-state index contributed by atoms with van der Waals surface area (Å²) in [5.41, 5.74) is 2.03. The number of hydrogen-bond donors (Lipinski definition) is 2. The van der Waals surface area contributed by atoms with Gasteiger partial charge in [0.1, 0.15) is 11.9 Å². The molecule has 0 radical (unpaired) electrons. The zero-order valence-corrected chi connectivity index (χ0v) is 18.5. The minimum absolute atomic E-state index is 0.0414. The second-order valence-corrected chi connectivity index (χ2v) is 9.08. The van der Waals surface area contributed by atoms with Crippen LogP contribution in [0.15, 0.2) is 47.4 Å². The number of amides is 1. The Balaban J connectivity index is 1.74. The van der Waals surface area contributed by atoms with Crippen molar-refractivity contribution in [2.24, 2.45) is 5.92 Å². The van der Waals surface area contributed by atoms with Crippen molar-refractivity contribution in [3.63, 3.8) is 0 Å². The summed E-state index contributed by atoms with van der Waals surface area (Å²) < 4.78 is 1.53. The Bertz CT molecular complexity index is 1410. The van der Waals surface area contributed by atoms with Gasteiger partial charge in [-0.1, -0.05) is 55.2 Å². The number of nitrogens with one attached hydrogen (secondary N) is 2. The zero-order valence-electron chi connectivity index (χ0n) is 16.9. The molecule has 0 saturated carbocycles. The highest BCUT2D eigenvalue weighted by Gasteiger charge is 2.37. The van der Waals surface area contributed by atoms with Crippen molar-refractivity contribution < 1.29 is 4.79 Å². The molecule has 1 aliphatic rings. The maximum atomic E-state index is 13.6. The molecule has 2 atom stereocenters. The maximum absolute atomic E-state index is 13.6. The van der Waals surface area contributed by atoms with Gasteiger partial charge < -0.3 is 10.3 Å². The van der Waals surface area contributed by atoms with Gasteiger partial charge in [-0.25, -0.2) is 4.98 Å². The van der Waals surface area contributed by atoms with E-state index in [0.29, 0.717) is 33.2 Å². The lowest BCUT2D eigenvalue weighted by Crippen LogP contribution is -2.49. The molecule has 2 aromatic heterocycles. The third kappa shape index (κ3) is 3.22. The standard InChI is InChI=1S/C23H20Cl2N4O2/c1-11(2)19-21-27-20-15(8-13(24)9-16(20)25)23(31)29(21)18(22(30)28-19)7-12-10-26-17-6-4-3-5-14(12)17/h3-6,8-11,18-19,26H,7H2,1-2H3,(H,28,30)/t18-,19+/m1/s1. The summed E-state index contributed by atoms with van der Waals surface area (Å²) in [6.45, 7) is 3.96. The molecule has 0 unspecified atom stereocenters. The Hall–Kier alpha value is -2.83. The van der Waals surface area contributed by atoms with Gasteiger partial charge in [0.15, 0.2) is 0 Å². The Labute approximate surface area is 188 Å². The van der Waals surface area contributed by atoms with E-state index >= 15 is 0 Å². The van der Waals surface area contributed by atoms with Crippen molar-refractivity contribution in [1.29, 1.82) is 0 Å². The van der Waals surface area contributed by atoms with Gasteiger partial charge in [0.2, 0.25) is 5.91 Å². The first kappa shape index (κ1) is 20.1. The topological polar surface area (TPSA) is 79.8 Å². The maximum Gasteiger partial charge on any atom is 0.262 e. The molecule has 0 fully saturated rings. The smallest absolute Gasteiger partial charge is 0.262 e. The van der Waals surface area contributed by atoms with Gasteiger partial charge in [0.25, 0.3) is 5.56 Å². The number of aromatic nitrogens is 3. The van der Waals surface area contributed by atoms with Crippen LogP contribution in [-0.2, 0) is 11.2 Å². The fourth-order valence-electron chi connectivity index (χ4n) is 4.35. The van der Waals surface area contributed by atoms with E-state index in [1.807, 2.05) is 44.3 Å². The van der Waals surface area contributed by atoms with Gasteiger partial charge >= 0.3 is 0 Å². The highest BCUT2D eigenvalue weighted by Crippen LogP contribution is 2.33. The van der Waals surface area contributed by atoms with Crippen molar-refractivity contribution in [2.45, 2.75) is 32.4 Å². The van der Waals surface area contributed by atoms with Crippen LogP contribution in [0.2, 0.25) is 10.0 Å². The van der Waals surface area contributed by atoms with Crippen molar-refractivity contribution >= 4 is 50.9 Å².